The van der Waals surface area contributed by atoms with E-state index in [0.717, 1.165) is 11.3 Å². The highest BCUT2D eigenvalue weighted by atomic mass is 16.5. The van der Waals surface area contributed by atoms with Crippen LogP contribution < -0.4 is 10.1 Å². The summed E-state index contributed by atoms with van der Waals surface area (Å²) < 4.78 is 5.34. The Bertz CT molecular complexity index is 482. The number of carboxylic acids is 1. The normalized spacial score (nSPS) is 12.1. The lowest BCUT2D eigenvalue weighted by atomic mass is 10.2. The SMILES string of the molecule is CCOc1cccc(/C=C/C(=O)N[C@@H](C)C(=O)O)c1. The van der Waals surface area contributed by atoms with E-state index in [4.69, 9.17) is 9.84 Å². The quantitative estimate of drug-likeness (QED) is 0.766. The largest absolute Gasteiger partial charge is 0.494 e. The number of carbonyl (C=O) groups excluding carboxylic acids is 1. The fourth-order valence-electron chi connectivity index (χ4n) is 1.37. The number of ether oxygens (including phenoxy) is 1. The number of rotatable bonds is 6. The van der Waals surface area contributed by atoms with Crippen molar-refractivity contribution in [2.75, 3.05) is 6.61 Å². The van der Waals surface area contributed by atoms with Crippen molar-refractivity contribution in [3.05, 3.63) is 35.9 Å². The van der Waals surface area contributed by atoms with E-state index in [2.05, 4.69) is 5.32 Å². The third-order valence-electron chi connectivity index (χ3n) is 2.33. The van der Waals surface area contributed by atoms with Gasteiger partial charge in [-0.25, -0.2) is 0 Å². The van der Waals surface area contributed by atoms with Crippen molar-refractivity contribution in [3.8, 4) is 5.75 Å². The molecule has 0 saturated heterocycles. The van der Waals surface area contributed by atoms with E-state index < -0.39 is 17.9 Å². The van der Waals surface area contributed by atoms with E-state index in [1.54, 1.807) is 12.1 Å². The molecule has 0 aromatic heterocycles. The molecule has 0 fully saturated rings. The summed E-state index contributed by atoms with van der Waals surface area (Å²) in [7, 11) is 0. The topological polar surface area (TPSA) is 75.6 Å². The van der Waals surface area contributed by atoms with E-state index in [-0.39, 0.29) is 0 Å². The molecule has 0 heterocycles. The van der Waals surface area contributed by atoms with Crippen LogP contribution in [0.4, 0.5) is 0 Å². The average molecular weight is 263 g/mol. The van der Waals surface area contributed by atoms with Crippen molar-refractivity contribution in [3.63, 3.8) is 0 Å². The highest BCUT2D eigenvalue weighted by Crippen LogP contribution is 2.14. The molecule has 19 heavy (non-hydrogen) atoms. The second-order valence-electron chi connectivity index (χ2n) is 3.91. The molecule has 1 rings (SSSR count). The van der Waals surface area contributed by atoms with Crippen LogP contribution in [0.5, 0.6) is 5.75 Å². The van der Waals surface area contributed by atoms with Crippen LogP contribution in [0.15, 0.2) is 30.3 Å². The van der Waals surface area contributed by atoms with Gasteiger partial charge < -0.3 is 15.2 Å². The Morgan fingerprint density at radius 2 is 2.21 bits per heavy atom. The van der Waals surface area contributed by atoms with Crippen molar-refractivity contribution in [2.45, 2.75) is 19.9 Å². The molecular weight excluding hydrogens is 246 g/mol. The number of benzene rings is 1. The fraction of sp³-hybridized carbons (Fsp3) is 0.286. The lowest BCUT2D eigenvalue weighted by Gasteiger charge is -2.06. The maximum atomic E-state index is 11.4. The van der Waals surface area contributed by atoms with Crippen LogP contribution >= 0.6 is 0 Å². The zero-order valence-electron chi connectivity index (χ0n) is 10.9. The van der Waals surface area contributed by atoms with Crippen LogP contribution in [0.3, 0.4) is 0 Å². The molecule has 0 bridgehead atoms. The standard InChI is InChI=1S/C14H17NO4/c1-3-19-12-6-4-5-11(9-12)7-8-13(16)15-10(2)14(17)18/h4-10H,3H2,1-2H3,(H,15,16)(H,17,18)/b8-7+/t10-/m0/s1. The summed E-state index contributed by atoms with van der Waals surface area (Å²) in [5.41, 5.74) is 0.809. The van der Waals surface area contributed by atoms with Gasteiger partial charge in [-0.3, -0.25) is 9.59 Å². The predicted molar refractivity (Wildman–Crippen MR) is 71.9 cm³/mol. The summed E-state index contributed by atoms with van der Waals surface area (Å²) in [5, 5.41) is 11.0. The van der Waals surface area contributed by atoms with E-state index >= 15 is 0 Å². The van der Waals surface area contributed by atoms with E-state index in [1.807, 2.05) is 25.1 Å². The zero-order chi connectivity index (χ0) is 14.3. The average Bonchev–Trinajstić information content (AvgIpc) is 2.37. The molecule has 2 N–H and O–H groups in total. The zero-order valence-corrected chi connectivity index (χ0v) is 10.9. The van der Waals surface area contributed by atoms with Gasteiger partial charge in [-0.2, -0.15) is 0 Å². The van der Waals surface area contributed by atoms with Gasteiger partial charge in [0, 0.05) is 6.08 Å². The Kier molecular flexibility index (Phi) is 5.60. The molecule has 5 nitrogen and oxygen atoms in total. The predicted octanol–water partition coefficient (Wildman–Crippen LogP) is 1.69. The molecule has 0 spiro atoms. The van der Waals surface area contributed by atoms with Crippen molar-refractivity contribution in [1.82, 2.24) is 5.32 Å². The van der Waals surface area contributed by atoms with Crippen LogP contribution in [0.1, 0.15) is 19.4 Å². The summed E-state index contributed by atoms with van der Waals surface area (Å²) in [5.74, 6) is -0.791. The Labute approximate surface area is 111 Å². The first-order valence-electron chi connectivity index (χ1n) is 5.97. The molecule has 1 aromatic rings. The number of carboxylic acid groups (broad SMARTS) is 1. The smallest absolute Gasteiger partial charge is 0.325 e. The van der Waals surface area contributed by atoms with Gasteiger partial charge in [0.1, 0.15) is 11.8 Å². The molecule has 0 saturated carbocycles. The van der Waals surface area contributed by atoms with Gasteiger partial charge in [-0.15, -0.1) is 0 Å². The molecule has 5 heteroatoms. The first kappa shape index (κ1) is 14.8. The van der Waals surface area contributed by atoms with Crippen molar-refractivity contribution >= 4 is 18.0 Å². The van der Waals surface area contributed by atoms with E-state index in [9.17, 15) is 9.59 Å². The molecule has 1 aromatic carbocycles. The molecule has 1 atom stereocenters. The summed E-state index contributed by atoms with van der Waals surface area (Å²) in [4.78, 5) is 22.0. The van der Waals surface area contributed by atoms with Gasteiger partial charge in [0.25, 0.3) is 0 Å². The van der Waals surface area contributed by atoms with Crippen LogP contribution in [-0.4, -0.2) is 29.6 Å². The molecule has 0 aliphatic rings. The van der Waals surface area contributed by atoms with Crippen molar-refractivity contribution in [1.29, 1.82) is 0 Å². The summed E-state index contributed by atoms with van der Waals surface area (Å²) >= 11 is 0. The summed E-state index contributed by atoms with van der Waals surface area (Å²) in [6.07, 6.45) is 2.90. The van der Waals surface area contributed by atoms with Crippen molar-refractivity contribution < 1.29 is 19.4 Å². The summed E-state index contributed by atoms with van der Waals surface area (Å²) in [6, 6.07) is 6.36. The van der Waals surface area contributed by atoms with Crippen molar-refractivity contribution in [2.24, 2.45) is 0 Å². The van der Waals surface area contributed by atoms with Crippen LogP contribution in [0.2, 0.25) is 0 Å². The minimum absolute atomic E-state index is 0.447. The first-order valence-corrected chi connectivity index (χ1v) is 5.97. The summed E-state index contributed by atoms with van der Waals surface area (Å²) in [6.45, 7) is 3.87. The Morgan fingerprint density at radius 3 is 2.84 bits per heavy atom. The molecule has 0 unspecified atom stereocenters. The molecule has 0 aliphatic heterocycles. The highest BCUT2D eigenvalue weighted by molar-refractivity contribution is 5.94. The molecular formula is C14H17NO4. The third kappa shape index (κ3) is 5.25. The number of amides is 1. The van der Waals surface area contributed by atoms with Gasteiger partial charge in [0.2, 0.25) is 5.91 Å². The maximum absolute atomic E-state index is 11.4. The Hall–Kier alpha value is -2.30. The minimum Gasteiger partial charge on any atom is -0.494 e. The highest BCUT2D eigenvalue weighted by Gasteiger charge is 2.11. The van der Waals surface area contributed by atoms with Gasteiger partial charge in [0.15, 0.2) is 0 Å². The first-order chi connectivity index (χ1) is 9.02. The van der Waals surface area contributed by atoms with Gasteiger partial charge in [-0.05, 0) is 37.6 Å². The lowest BCUT2D eigenvalue weighted by Crippen LogP contribution is -2.37. The third-order valence-corrected chi connectivity index (χ3v) is 2.33. The second-order valence-corrected chi connectivity index (χ2v) is 3.91. The molecule has 0 aliphatic carbocycles. The number of nitrogens with one attached hydrogen (secondary N) is 1. The van der Waals surface area contributed by atoms with Gasteiger partial charge >= 0.3 is 5.97 Å². The fourth-order valence-corrected chi connectivity index (χ4v) is 1.37. The maximum Gasteiger partial charge on any atom is 0.325 e. The minimum atomic E-state index is -1.07. The van der Waals surface area contributed by atoms with E-state index in [1.165, 1.54) is 13.0 Å². The number of carbonyl (C=O) groups is 2. The molecule has 0 radical (unpaired) electrons. The van der Waals surface area contributed by atoms with Crippen LogP contribution in [0.25, 0.3) is 6.08 Å². The lowest BCUT2D eigenvalue weighted by molar-refractivity contribution is -0.140. The Balaban J connectivity index is 2.63. The number of aliphatic carboxylic acids is 1. The van der Waals surface area contributed by atoms with Gasteiger partial charge in [-0.1, -0.05) is 12.1 Å². The van der Waals surface area contributed by atoms with E-state index in [0.29, 0.717) is 6.61 Å². The number of hydrogen-bond acceptors (Lipinski definition) is 3. The van der Waals surface area contributed by atoms with Crippen LogP contribution in [0, 0.1) is 0 Å². The Morgan fingerprint density at radius 1 is 1.47 bits per heavy atom. The molecule has 1 amide bonds. The molecule has 102 valence electrons. The van der Waals surface area contributed by atoms with Crippen LogP contribution in [-0.2, 0) is 9.59 Å². The number of hydrogen-bond donors (Lipinski definition) is 2. The monoisotopic (exact) mass is 263 g/mol. The second kappa shape index (κ2) is 7.20. The van der Waals surface area contributed by atoms with Gasteiger partial charge in [0.05, 0.1) is 6.61 Å².